The van der Waals surface area contributed by atoms with E-state index in [9.17, 15) is 4.79 Å². The van der Waals surface area contributed by atoms with Crippen molar-refractivity contribution in [1.29, 1.82) is 0 Å². The summed E-state index contributed by atoms with van der Waals surface area (Å²) in [4.78, 5) is 11.3. The number of allylic oxidation sites excluding steroid dienone is 3. The Morgan fingerprint density at radius 1 is 1.24 bits per heavy atom. The van der Waals surface area contributed by atoms with Crippen molar-refractivity contribution in [1.82, 2.24) is 0 Å². The van der Waals surface area contributed by atoms with Gasteiger partial charge in [-0.25, -0.2) is 4.79 Å². The van der Waals surface area contributed by atoms with Gasteiger partial charge in [-0.3, -0.25) is 0 Å². The smallest absolute Gasteiger partial charge is 0.331 e. The predicted molar refractivity (Wildman–Crippen MR) is 91.6 cm³/mol. The van der Waals surface area contributed by atoms with Gasteiger partial charge in [-0.1, -0.05) is 26.0 Å². The lowest BCUT2D eigenvalue weighted by molar-refractivity contribution is -0.141. The molecular weight excluding hydrogens is 284 g/mol. The van der Waals surface area contributed by atoms with Gasteiger partial charge in [-0.05, 0) is 64.9 Å². The SMILES string of the molecule is CC(C=CCC(C)CC(C)C(C)(C)Cl)=CC(=O)OC(C)C. The first kappa shape index (κ1) is 20.2. The molecule has 0 fully saturated rings. The lowest BCUT2D eigenvalue weighted by Gasteiger charge is -2.27. The first-order chi connectivity index (χ1) is 9.52. The molecule has 0 N–H and O–H groups in total. The summed E-state index contributed by atoms with van der Waals surface area (Å²) in [6.45, 7) is 14.2. The van der Waals surface area contributed by atoms with Gasteiger partial charge in [-0.15, -0.1) is 11.6 Å². The van der Waals surface area contributed by atoms with Crippen LogP contribution in [0.2, 0.25) is 0 Å². The maximum absolute atomic E-state index is 11.5. The number of alkyl halides is 1. The van der Waals surface area contributed by atoms with E-state index in [1.165, 1.54) is 6.08 Å². The van der Waals surface area contributed by atoms with Crippen LogP contribution in [0.15, 0.2) is 23.8 Å². The monoisotopic (exact) mass is 314 g/mol. The van der Waals surface area contributed by atoms with Crippen LogP contribution in [-0.4, -0.2) is 16.9 Å². The molecule has 0 spiro atoms. The zero-order valence-corrected chi connectivity index (χ0v) is 15.3. The van der Waals surface area contributed by atoms with E-state index < -0.39 is 0 Å². The standard InChI is InChI=1S/C18H31ClO2/c1-13(2)21-17(20)12-15(4)10-8-9-14(3)11-16(5)18(6,7)19/h8,10,12-14,16H,9,11H2,1-7H3. The molecule has 0 bridgehead atoms. The van der Waals surface area contributed by atoms with Crippen molar-refractivity contribution >= 4 is 17.6 Å². The Balaban J connectivity index is 4.26. The largest absolute Gasteiger partial charge is 0.460 e. The van der Waals surface area contributed by atoms with Crippen molar-refractivity contribution in [3.63, 3.8) is 0 Å². The predicted octanol–water partition coefficient (Wildman–Crippen LogP) is 5.51. The molecule has 0 aromatic rings. The molecular formula is C18H31ClO2. The molecule has 3 heteroatoms. The van der Waals surface area contributed by atoms with E-state index in [0.717, 1.165) is 18.4 Å². The maximum Gasteiger partial charge on any atom is 0.331 e. The Morgan fingerprint density at radius 3 is 2.29 bits per heavy atom. The number of halogens is 1. The fourth-order valence-electron chi connectivity index (χ4n) is 1.97. The number of esters is 1. The van der Waals surface area contributed by atoms with Crippen LogP contribution in [0.4, 0.5) is 0 Å². The molecule has 0 aromatic carbocycles. The third kappa shape index (κ3) is 10.6. The second-order valence-corrected chi connectivity index (χ2v) is 7.79. The van der Waals surface area contributed by atoms with Crippen LogP contribution in [0.25, 0.3) is 0 Å². The molecule has 0 aromatic heterocycles. The minimum atomic E-state index is -0.280. The molecule has 0 radical (unpaired) electrons. The highest BCUT2D eigenvalue weighted by Gasteiger charge is 2.23. The van der Waals surface area contributed by atoms with E-state index in [1.54, 1.807) is 0 Å². The van der Waals surface area contributed by atoms with E-state index in [-0.39, 0.29) is 16.9 Å². The number of ether oxygens (including phenoxy) is 1. The van der Waals surface area contributed by atoms with Crippen molar-refractivity contribution in [3.8, 4) is 0 Å². The van der Waals surface area contributed by atoms with Gasteiger partial charge in [0.2, 0.25) is 0 Å². The van der Waals surface area contributed by atoms with Gasteiger partial charge in [0.25, 0.3) is 0 Å². The highest BCUT2D eigenvalue weighted by atomic mass is 35.5. The molecule has 0 amide bonds. The molecule has 0 saturated carbocycles. The molecule has 2 atom stereocenters. The van der Waals surface area contributed by atoms with Crippen LogP contribution in [-0.2, 0) is 9.53 Å². The molecule has 0 saturated heterocycles. The van der Waals surface area contributed by atoms with Crippen LogP contribution < -0.4 is 0 Å². The number of hydrogen-bond donors (Lipinski definition) is 0. The van der Waals surface area contributed by atoms with Crippen LogP contribution in [0.5, 0.6) is 0 Å². The minimum Gasteiger partial charge on any atom is -0.460 e. The quantitative estimate of drug-likeness (QED) is 0.255. The number of carbonyl (C=O) groups is 1. The summed E-state index contributed by atoms with van der Waals surface area (Å²) in [7, 11) is 0. The highest BCUT2D eigenvalue weighted by Crippen LogP contribution is 2.30. The Morgan fingerprint density at radius 2 is 1.81 bits per heavy atom. The number of carbonyl (C=O) groups excluding carboxylic acids is 1. The van der Waals surface area contributed by atoms with E-state index in [2.05, 4.69) is 33.8 Å². The van der Waals surface area contributed by atoms with Gasteiger partial charge in [0.05, 0.1) is 6.10 Å². The molecule has 21 heavy (non-hydrogen) atoms. The Hall–Kier alpha value is -0.760. The summed E-state index contributed by atoms with van der Waals surface area (Å²) in [6.07, 6.45) is 7.64. The second-order valence-electron chi connectivity index (χ2n) is 6.82. The Bertz CT molecular complexity index is 375. The second kappa shape index (κ2) is 9.30. The summed E-state index contributed by atoms with van der Waals surface area (Å²) in [5, 5.41) is 0. The average molecular weight is 315 g/mol. The lowest BCUT2D eigenvalue weighted by atomic mass is 9.86. The van der Waals surface area contributed by atoms with Gasteiger partial charge < -0.3 is 4.74 Å². The van der Waals surface area contributed by atoms with E-state index in [0.29, 0.717) is 11.8 Å². The van der Waals surface area contributed by atoms with Gasteiger partial charge >= 0.3 is 5.97 Å². The Labute approximate surface area is 135 Å². The van der Waals surface area contributed by atoms with Gasteiger partial charge in [0.1, 0.15) is 0 Å². The highest BCUT2D eigenvalue weighted by molar-refractivity contribution is 6.23. The van der Waals surface area contributed by atoms with Crippen molar-refractivity contribution in [2.75, 3.05) is 0 Å². The fraction of sp³-hybridized carbons (Fsp3) is 0.722. The van der Waals surface area contributed by atoms with Crippen LogP contribution in [0, 0.1) is 11.8 Å². The molecule has 2 unspecified atom stereocenters. The number of hydrogen-bond acceptors (Lipinski definition) is 2. The van der Waals surface area contributed by atoms with E-state index in [1.807, 2.05) is 26.8 Å². The van der Waals surface area contributed by atoms with Crippen molar-refractivity contribution in [3.05, 3.63) is 23.8 Å². The topological polar surface area (TPSA) is 26.3 Å². The zero-order chi connectivity index (χ0) is 16.6. The van der Waals surface area contributed by atoms with Crippen molar-refractivity contribution < 1.29 is 9.53 Å². The molecule has 0 rings (SSSR count). The fourth-order valence-corrected chi connectivity index (χ4v) is 2.06. The van der Waals surface area contributed by atoms with Gasteiger partial charge in [0.15, 0.2) is 0 Å². The van der Waals surface area contributed by atoms with Crippen LogP contribution in [0.3, 0.4) is 0 Å². The molecule has 0 aliphatic heterocycles. The van der Waals surface area contributed by atoms with Gasteiger partial charge in [-0.2, -0.15) is 0 Å². The Kier molecular flexibility index (Phi) is 8.96. The average Bonchev–Trinajstić information content (AvgIpc) is 2.25. The molecule has 0 aliphatic rings. The molecule has 0 heterocycles. The maximum atomic E-state index is 11.5. The first-order valence-corrected chi connectivity index (χ1v) is 8.14. The zero-order valence-electron chi connectivity index (χ0n) is 14.6. The summed E-state index contributed by atoms with van der Waals surface area (Å²) in [6, 6.07) is 0. The normalized spacial score (nSPS) is 16.3. The van der Waals surface area contributed by atoms with Crippen LogP contribution in [0.1, 0.15) is 61.3 Å². The van der Waals surface area contributed by atoms with E-state index >= 15 is 0 Å². The molecule has 2 nitrogen and oxygen atoms in total. The van der Waals surface area contributed by atoms with Crippen molar-refractivity contribution in [2.45, 2.75) is 72.3 Å². The third-order valence-corrected chi connectivity index (χ3v) is 3.92. The lowest BCUT2D eigenvalue weighted by Crippen LogP contribution is -2.23. The molecule has 122 valence electrons. The van der Waals surface area contributed by atoms with Gasteiger partial charge in [0, 0.05) is 11.0 Å². The summed E-state index contributed by atoms with van der Waals surface area (Å²) >= 11 is 6.33. The molecule has 0 aliphatic carbocycles. The van der Waals surface area contributed by atoms with Crippen LogP contribution >= 0.6 is 11.6 Å². The minimum absolute atomic E-state index is 0.0778. The third-order valence-electron chi connectivity index (χ3n) is 3.54. The van der Waals surface area contributed by atoms with E-state index in [4.69, 9.17) is 16.3 Å². The summed E-state index contributed by atoms with van der Waals surface area (Å²) < 4.78 is 5.07. The summed E-state index contributed by atoms with van der Waals surface area (Å²) in [5.41, 5.74) is 0.915. The van der Waals surface area contributed by atoms with Crippen molar-refractivity contribution in [2.24, 2.45) is 11.8 Å². The number of rotatable bonds is 8. The summed E-state index contributed by atoms with van der Waals surface area (Å²) in [5.74, 6) is 0.766. The first-order valence-electron chi connectivity index (χ1n) is 7.76.